The molecule has 4 rings (SSSR count). The maximum atomic E-state index is 10.5. The molecule has 0 aromatic heterocycles. The molecule has 2 nitrogen and oxygen atoms in total. The third kappa shape index (κ3) is 1.05. The lowest BCUT2D eigenvalue weighted by Gasteiger charge is -2.37. The van der Waals surface area contributed by atoms with Crippen molar-refractivity contribution in [3.63, 3.8) is 0 Å². The van der Waals surface area contributed by atoms with E-state index in [2.05, 4.69) is 36.5 Å². The monoisotopic (exact) mass is 237 g/mol. The Bertz CT molecular complexity index is 636. The van der Waals surface area contributed by atoms with Crippen LogP contribution in [0.2, 0.25) is 0 Å². The quantitative estimate of drug-likeness (QED) is 0.738. The highest BCUT2D eigenvalue weighted by atomic mass is 16.3. The fraction of sp³-hybridized carbons (Fsp3) is 0.250. The molecule has 2 unspecified atom stereocenters. The van der Waals surface area contributed by atoms with Gasteiger partial charge >= 0.3 is 0 Å². The molecule has 2 heteroatoms. The Morgan fingerprint density at radius 3 is 2.22 bits per heavy atom. The highest BCUT2D eigenvalue weighted by Gasteiger charge is 2.49. The Hall–Kier alpha value is -1.64. The molecule has 2 aliphatic heterocycles. The Kier molecular flexibility index (Phi) is 1.84. The van der Waals surface area contributed by atoms with E-state index in [4.69, 9.17) is 0 Å². The van der Waals surface area contributed by atoms with Gasteiger partial charge in [-0.3, -0.25) is 5.32 Å². The summed E-state index contributed by atoms with van der Waals surface area (Å²) in [5.74, 6) is 0. The van der Waals surface area contributed by atoms with Gasteiger partial charge in [-0.25, -0.2) is 0 Å². The van der Waals surface area contributed by atoms with Crippen molar-refractivity contribution >= 4 is 0 Å². The van der Waals surface area contributed by atoms with Crippen molar-refractivity contribution in [2.75, 3.05) is 0 Å². The average molecular weight is 237 g/mol. The summed E-state index contributed by atoms with van der Waals surface area (Å²) in [5, 5.41) is 14.1. The molecule has 90 valence electrons. The van der Waals surface area contributed by atoms with Crippen LogP contribution in [0.4, 0.5) is 0 Å². The van der Waals surface area contributed by atoms with Crippen LogP contribution in [0, 0.1) is 0 Å². The van der Waals surface area contributed by atoms with Gasteiger partial charge in [0.05, 0.1) is 17.7 Å². The van der Waals surface area contributed by atoms with Gasteiger partial charge in [-0.05, 0) is 29.2 Å². The summed E-state index contributed by atoms with van der Waals surface area (Å²) < 4.78 is 0. The van der Waals surface area contributed by atoms with Crippen molar-refractivity contribution in [1.29, 1.82) is 0 Å². The smallest absolute Gasteiger partial charge is 0.0988 e. The zero-order valence-corrected chi connectivity index (χ0v) is 10.2. The number of fused-ring (bicyclic) bond motifs is 7. The molecular formula is C16H15NO. The Labute approximate surface area is 106 Å². The first-order valence-electron chi connectivity index (χ1n) is 6.36. The summed E-state index contributed by atoms with van der Waals surface area (Å²) >= 11 is 0. The summed E-state index contributed by atoms with van der Waals surface area (Å²) in [7, 11) is 0. The molecule has 0 radical (unpaired) electrons. The molecule has 2 heterocycles. The largest absolute Gasteiger partial charge is 0.386 e. The highest BCUT2D eigenvalue weighted by Crippen LogP contribution is 2.52. The number of benzene rings is 2. The second-order valence-electron chi connectivity index (χ2n) is 5.37. The standard InChI is InChI=1S/C16H15NO/c1-16-12-8-4-2-6-10(12)14(17-16)15(18)11-7-3-5-9-13(11)16/h2-9,14-15,17-18H,1H3/t14?,15-,16?/m1/s1. The molecule has 0 saturated carbocycles. The van der Waals surface area contributed by atoms with Gasteiger partial charge in [0.15, 0.2) is 0 Å². The van der Waals surface area contributed by atoms with E-state index in [-0.39, 0.29) is 11.6 Å². The molecule has 0 amide bonds. The third-order valence-electron chi connectivity index (χ3n) is 4.41. The number of hydrogen-bond acceptors (Lipinski definition) is 2. The van der Waals surface area contributed by atoms with E-state index in [1.807, 2.05) is 24.3 Å². The zero-order valence-electron chi connectivity index (χ0n) is 10.2. The van der Waals surface area contributed by atoms with Gasteiger partial charge < -0.3 is 5.11 Å². The third-order valence-corrected chi connectivity index (χ3v) is 4.41. The van der Waals surface area contributed by atoms with Gasteiger partial charge in [0.1, 0.15) is 0 Å². The topological polar surface area (TPSA) is 32.3 Å². The minimum absolute atomic E-state index is 0.0149. The lowest BCUT2D eigenvalue weighted by molar-refractivity contribution is 0.109. The number of aliphatic hydroxyl groups is 1. The summed E-state index contributed by atoms with van der Waals surface area (Å²) in [4.78, 5) is 0. The second kappa shape index (κ2) is 3.22. The summed E-state index contributed by atoms with van der Waals surface area (Å²) in [6, 6.07) is 16.6. The minimum Gasteiger partial charge on any atom is -0.386 e. The number of hydrogen-bond donors (Lipinski definition) is 2. The van der Waals surface area contributed by atoms with Crippen LogP contribution < -0.4 is 5.32 Å². The normalized spacial score (nSPS) is 31.9. The van der Waals surface area contributed by atoms with E-state index in [1.54, 1.807) is 0 Å². The van der Waals surface area contributed by atoms with Crippen molar-refractivity contribution in [3.05, 3.63) is 70.8 Å². The van der Waals surface area contributed by atoms with E-state index >= 15 is 0 Å². The maximum absolute atomic E-state index is 10.5. The minimum atomic E-state index is -0.460. The van der Waals surface area contributed by atoms with E-state index in [0.29, 0.717) is 0 Å². The number of rotatable bonds is 0. The molecule has 2 aromatic carbocycles. The first-order chi connectivity index (χ1) is 8.72. The molecule has 0 spiro atoms. The van der Waals surface area contributed by atoms with E-state index < -0.39 is 6.10 Å². The van der Waals surface area contributed by atoms with Gasteiger partial charge in [-0.1, -0.05) is 48.5 Å². The van der Waals surface area contributed by atoms with Crippen LogP contribution >= 0.6 is 0 Å². The van der Waals surface area contributed by atoms with Crippen LogP contribution in [-0.2, 0) is 5.54 Å². The first kappa shape index (κ1) is 10.3. The van der Waals surface area contributed by atoms with Crippen molar-refractivity contribution < 1.29 is 5.11 Å². The molecule has 2 N–H and O–H groups in total. The van der Waals surface area contributed by atoms with Gasteiger partial charge in [0.2, 0.25) is 0 Å². The predicted molar refractivity (Wildman–Crippen MR) is 70.2 cm³/mol. The van der Waals surface area contributed by atoms with Gasteiger partial charge in [-0.2, -0.15) is 0 Å². The predicted octanol–water partition coefficient (Wildman–Crippen LogP) is 2.64. The lowest BCUT2D eigenvalue weighted by Crippen LogP contribution is -2.43. The first-order valence-corrected chi connectivity index (χ1v) is 6.36. The molecule has 2 bridgehead atoms. The van der Waals surface area contributed by atoms with Crippen molar-refractivity contribution in [2.24, 2.45) is 0 Å². The Morgan fingerprint density at radius 2 is 1.50 bits per heavy atom. The molecule has 0 aliphatic carbocycles. The average Bonchev–Trinajstić information content (AvgIpc) is 2.70. The summed E-state index contributed by atoms with van der Waals surface area (Å²) in [6.07, 6.45) is -0.460. The van der Waals surface area contributed by atoms with Crippen LogP contribution in [0.1, 0.15) is 41.3 Å². The van der Waals surface area contributed by atoms with Crippen LogP contribution in [0.25, 0.3) is 0 Å². The Balaban J connectivity index is 2.08. The van der Waals surface area contributed by atoms with Crippen molar-refractivity contribution in [1.82, 2.24) is 5.32 Å². The van der Waals surface area contributed by atoms with Crippen molar-refractivity contribution in [3.8, 4) is 0 Å². The molecule has 3 atom stereocenters. The maximum Gasteiger partial charge on any atom is 0.0988 e. The Morgan fingerprint density at radius 1 is 0.944 bits per heavy atom. The lowest BCUT2D eigenvalue weighted by atomic mass is 9.82. The van der Waals surface area contributed by atoms with Crippen molar-refractivity contribution in [2.45, 2.75) is 24.6 Å². The molecule has 0 saturated heterocycles. The van der Waals surface area contributed by atoms with E-state index in [1.165, 1.54) is 16.7 Å². The van der Waals surface area contributed by atoms with Crippen LogP contribution in [0.15, 0.2) is 48.5 Å². The van der Waals surface area contributed by atoms with E-state index in [0.717, 1.165) is 5.56 Å². The summed E-state index contributed by atoms with van der Waals surface area (Å²) in [6.45, 7) is 2.20. The molecular weight excluding hydrogens is 222 g/mol. The zero-order chi connectivity index (χ0) is 12.3. The molecule has 18 heavy (non-hydrogen) atoms. The SMILES string of the molecule is CC12NC(c3ccccc31)[C@H](O)c1ccccc12. The summed E-state index contributed by atoms with van der Waals surface area (Å²) in [5.41, 5.74) is 4.60. The fourth-order valence-corrected chi connectivity index (χ4v) is 3.55. The van der Waals surface area contributed by atoms with Crippen LogP contribution in [-0.4, -0.2) is 5.11 Å². The van der Waals surface area contributed by atoms with Gasteiger partial charge in [0.25, 0.3) is 0 Å². The molecule has 2 aliphatic rings. The molecule has 0 fully saturated rings. The number of nitrogens with one attached hydrogen (secondary N) is 1. The van der Waals surface area contributed by atoms with Gasteiger partial charge in [-0.15, -0.1) is 0 Å². The van der Waals surface area contributed by atoms with Crippen LogP contribution in [0.5, 0.6) is 0 Å². The number of aliphatic hydroxyl groups excluding tert-OH is 1. The highest BCUT2D eigenvalue weighted by molar-refractivity contribution is 5.55. The van der Waals surface area contributed by atoms with Gasteiger partial charge in [0, 0.05) is 0 Å². The second-order valence-corrected chi connectivity index (χ2v) is 5.37. The fourth-order valence-electron chi connectivity index (χ4n) is 3.55. The van der Waals surface area contributed by atoms with Crippen LogP contribution in [0.3, 0.4) is 0 Å². The molecule has 2 aromatic rings. The van der Waals surface area contributed by atoms with E-state index in [9.17, 15) is 5.11 Å².